The highest BCUT2D eigenvalue weighted by molar-refractivity contribution is 5.40. The van der Waals surface area contributed by atoms with Crippen molar-refractivity contribution < 1.29 is 8.78 Å². The SMILES string of the molecule is Cn1cc(CN2CCN(c3ccc(-n4cccn4)nn3)CC2)c(C(F)F)n1. The fraction of sp³-hybridized carbons (Fsp3) is 0.412. The fourth-order valence-electron chi connectivity index (χ4n) is 3.25. The number of aromatic nitrogens is 6. The maximum atomic E-state index is 13.1. The number of halogens is 2. The standard InChI is InChI=1S/C17H20F2N8/c1-24-11-13(16(23-24)17(18)19)12-25-7-9-26(10-8-25)14-3-4-15(22-21-14)27-6-2-5-20-27/h2-6,11,17H,7-10,12H2,1H3. The van der Waals surface area contributed by atoms with Crippen LogP contribution in [0, 0.1) is 0 Å². The first kappa shape index (κ1) is 17.5. The van der Waals surface area contributed by atoms with Gasteiger partial charge in [-0.3, -0.25) is 9.58 Å². The maximum Gasteiger partial charge on any atom is 0.282 e. The molecule has 1 aliphatic heterocycles. The van der Waals surface area contributed by atoms with Crippen LogP contribution in [0.5, 0.6) is 0 Å². The van der Waals surface area contributed by atoms with E-state index in [4.69, 9.17) is 0 Å². The van der Waals surface area contributed by atoms with Crippen molar-refractivity contribution >= 4 is 5.82 Å². The molecule has 1 fully saturated rings. The lowest BCUT2D eigenvalue weighted by Gasteiger charge is -2.35. The minimum atomic E-state index is -2.55. The van der Waals surface area contributed by atoms with E-state index in [0.29, 0.717) is 17.9 Å². The first-order chi connectivity index (χ1) is 13.1. The van der Waals surface area contributed by atoms with Gasteiger partial charge in [-0.25, -0.2) is 13.5 Å². The van der Waals surface area contributed by atoms with E-state index < -0.39 is 6.43 Å². The number of piperazine rings is 1. The van der Waals surface area contributed by atoms with Crippen LogP contribution in [0.15, 0.2) is 36.8 Å². The summed E-state index contributed by atoms with van der Waals surface area (Å²) in [5, 5.41) is 16.5. The van der Waals surface area contributed by atoms with E-state index in [9.17, 15) is 8.78 Å². The van der Waals surface area contributed by atoms with Crippen LogP contribution in [0.3, 0.4) is 0 Å². The Morgan fingerprint density at radius 3 is 2.44 bits per heavy atom. The summed E-state index contributed by atoms with van der Waals surface area (Å²) in [5.74, 6) is 1.47. The lowest BCUT2D eigenvalue weighted by Crippen LogP contribution is -2.46. The minimum Gasteiger partial charge on any atom is -0.353 e. The Balaban J connectivity index is 1.36. The van der Waals surface area contributed by atoms with Gasteiger partial charge in [0.1, 0.15) is 5.69 Å². The number of aryl methyl sites for hydroxylation is 1. The van der Waals surface area contributed by atoms with Gasteiger partial charge >= 0.3 is 0 Å². The summed E-state index contributed by atoms with van der Waals surface area (Å²) in [6, 6.07) is 5.64. The summed E-state index contributed by atoms with van der Waals surface area (Å²) in [6.45, 7) is 3.53. The third-order valence-electron chi connectivity index (χ3n) is 4.61. The zero-order valence-electron chi connectivity index (χ0n) is 14.9. The van der Waals surface area contributed by atoms with E-state index in [-0.39, 0.29) is 5.69 Å². The summed E-state index contributed by atoms with van der Waals surface area (Å²) in [6.07, 6.45) is 2.63. The predicted octanol–water partition coefficient (Wildman–Crippen LogP) is 1.66. The minimum absolute atomic E-state index is 0.125. The average Bonchev–Trinajstić information content (AvgIpc) is 3.32. The van der Waals surface area contributed by atoms with Crippen LogP contribution < -0.4 is 4.90 Å². The molecule has 27 heavy (non-hydrogen) atoms. The Morgan fingerprint density at radius 1 is 1.07 bits per heavy atom. The number of anilines is 1. The molecule has 1 aliphatic rings. The van der Waals surface area contributed by atoms with Crippen LogP contribution in [0.25, 0.3) is 5.82 Å². The van der Waals surface area contributed by atoms with Crippen LogP contribution >= 0.6 is 0 Å². The van der Waals surface area contributed by atoms with Crippen LogP contribution in [-0.4, -0.2) is 60.8 Å². The van der Waals surface area contributed by atoms with Crippen LogP contribution in [0.1, 0.15) is 17.7 Å². The normalized spacial score (nSPS) is 15.6. The zero-order valence-corrected chi connectivity index (χ0v) is 14.9. The van der Waals surface area contributed by atoms with Crippen LogP contribution in [-0.2, 0) is 13.6 Å². The number of nitrogens with zero attached hydrogens (tertiary/aromatic N) is 8. The number of alkyl halides is 2. The lowest BCUT2D eigenvalue weighted by atomic mass is 10.2. The lowest BCUT2D eigenvalue weighted by molar-refractivity contribution is 0.142. The molecule has 10 heteroatoms. The smallest absolute Gasteiger partial charge is 0.282 e. The van der Waals surface area contributed by atoms with Gasteiger partial charge in [-0.1, -0.05) is 0 Å². The van der Waals surface area contributed by atoms with E-state index in [1.807, 2.05) is 24.4 Å². The summed E-state index contributed by atoms with van der Waals surface area (Å²) >= 11 is 0. The van der Waals surface area contributed by atoms with Crippen molar-refractivity contribution in [1.29, 1.82) is 0 Å². The summed E-state index contributed by atoms with van der Waals surface area (Å²) in [7, 11) is 1.67. The third-order valence-corrected chi connectivity index (χ3v) is 4.61. The first-order valence-electron chi connectivity index (χ1n) is 8.72. The molecular weight excluding hydrogens is 354 g/mol. The second-order valence-corrected chi connectivity index (χ2v) is 6.48. The molecule has 4 heterocycles. The van der Waals surface area contributed by atoms with Crippen LogP contribution in [0.4, 0.5) is 14.6 Å². The number of rotatable bonds is 5. The van der Waals surface area contributed by atoms with Crippen molar-refractivity contribution in [1.82, 2.24) is 34.7 Å². The second kappa shape index (κ2) is 7.39. The van der Waals surface area contributed by atoms with Crippen molar-refractivity contribution in [2.45, 2.75) is 13.0 Å². The van der Waals surface area contributed by atoms with E-state index in [2.05, 4.69) is 30.2 Å². The Labute approximate surface area is 155 Å². The monoisotopic (exact) mass is 374 g/mol. The number of hydrogen-bond donors (Lipinski definition) is 0. The topological polar surface area (TPSA) is 67.9 Å². The molecule has 0 amide bonds. The van der Waals surface area contributed by atoms with Crippen molar-refractivity contribution in [2.75, 3.05) is 31.1 Å². The average molecular weight is 374 g/mol. The Kier molecular flexibility index (Phi) is 4.80. The highest BCUT2D eigenvalue weighted by atomic mass is 19.3. The molecule has 142 valence electrons. The molecule has 0 atom stereocenters. The van der Waals surface area contributed by atoms with Crippen molar-refractivity contribution in [3.05, 3.63) is 48.0 Å². The van der Waals surface area contributed by atoms with Crippen molar-refractivity contribution in [2.24, 2.45) is 7.05 Å². The quantitative estimate of drug-likeness (QED) is 0.677. The summed E-state index contributed by atoms with van der Waals surface area (Å²) in [4.78, 5) is 4.30. The van der Waals surface area contributed by atoms with E-state index in [0.717, 1.165) is 32.0 Å². The predicted molar refractivity (Wildman–Crippen MR) is 94.8 cm³/mol. The molecule has 0 spiro atoms. The van der Waals surface area contributed by atoms with E-state index in [1.54, 1.807) is 24.1 Å². The highest BCUT2D eigenvalue weighted by Crippen LogP contribution is 2.23. The molecular formula is C17H20F2N8. The first-order valence-corrected chi connectivity index (χ1v) is 8.72. The second-order valence-electron chi connectivity index (χ2n) is 6.48. The van der Waals surface area contributed by atoms with Crippen LogP contribution in [0.2, 0.25) is 0 Å². The fourth-order valence-corrected chi connectivity index (χ4v) is 3.25. The maximum absolute atomic E-state index is 13.1. The van der Waals surface area contributed by atoms with Gasteiger partial charge in [0.25, 0.3) is 6.43 Å². The molecule has 0 bridgehead atoms. The molecule has 1 saturated heterocycles. The van der Waals surface area contributed by atoms with Crippen molar-refractivity contribution in [3.8, 4) is 5.82 Å². The van der Waals surface area contributed by atoms with Gasteiger partial charge in [0.2, 0.25) is 0 Å². The molecule has 4 rings (SSSR count). The number of hydrogen-bond acceptors (Lipinski definition) is 6. The summed E-state index contributed by atoms with van der Waals surface area (Å²) in [5.41, 5.74) is 0.462. The van der Waals surface area contributed by atoms with E-state index in [1.165, 1.54) is 4.68 Å². The van der Waals surface area contributed by atoms with Gasteiger partial charge in [-0.15, -0.1) is 10.2 Å². The van der Waals surface area contributed by atoms with Crippen molar-refractivity contribution in [3.63, 3.8) is 0 Å². The molecule has 8 nitrogen and oxygen atoms in total. The molecule has 3 aromatic heterocycles. The van der Waals surface area contributed by atoms with E-state index >= 15 is 0 Å². The zero-order chi connectivity index (χ0) is 18.8. The Hall–Kier alpha value is -2.88. The molecule has 0 radical (unpaired) electrons. The van der Waals surface area contributed by atoms with Gasteiger partial charge in [0.15, 0.2) is 11.6 Å². The Bertz CT molecular complexity index is 867. The largest absolute Gasteiger partial charge is 0.353 e. The van der Waals surface area contributed by atoms with Gasteiger partial charge < -0.3 is 4.90 Å². The Morgan fingerprint density at radius 2 is 1.81 bits per heavy atom. The molecule has 0 N–H and O–H groups in total. The molecule has 0 unspecified atom stereocenters. The van der Waals surface area contributed by atoms with Gasteiger partial charge in [-0.2, -0.15) is 10.2 Å². The third kappa shape index (κ3) is 3.80. The van der Waals surface area contributed by atoms with Gasteiger partial charge in [0.05, 0.1) is 0 Å². The molecule has 3 aromatic rings. The molecule has 0 aromatic carbocycles. The molecule has 0 aliphatic carbocycles. The molecule has 0 saturated carbocycles. The van der Waals surface area contributed by atoms with Gasteiger partial charge in [0, 0.05) is 63.9 Å². The summed E-state index contributed by atoms with van der Waals surface area (Å²) < 4.78 is 29.3. The van der Waals surface area contributed by atoms with Gasteiger partial charge in [-0.05, 0) is 18.2 Å². The highest BCUT2D eigenvalue weighted by Gasteiger charge is 2.23.